The Bertz CT molecular complexity index is 3580. The average molecular weight is 829 g/mol. The van der Waals surface area contributed by atoms with Gasteiger partial charge in [-0.05, 0) is 121 Å². The van der Waals surface area contributed by atoms with Gasteiger partial charge in [-0.1, -0.05) is 146 Å². The summed E-state index contributed by atoms with van der Waals surface area (Å²) in [7, 11) is 0. The summed E-state index contributed by atoms with van der Waals surface area (Å²) in [6, 6.07) is 58.3. The zero-order valence-corrected chi connectivity index (χ0v) is 37.1. The van der Waals surface area contributed by atoms with Crippen LogP contribution in [-0.4, -0.2) is 0 Å². The first-order valence-electron chi connectivity index (χ1n) is 22.6. The topological polar surface area (TPSA) is 32.8 Å². The maximum atomic E-state index is 6.97. The number of benzene rings is 10. The van der Waals surface area contributed by atoms with E-state index in [1.54, 1.807) is 0 Å². The third kappa shape index (κ3) is 5.61. The number of fused-ring (bicyclic) bond motifs is 6. The van der Waals surface area contributed by atoms with Gasteiger partial charge < -0.3 is 18.6 Å². The Hall–Kier alpha value is -7.56. The molecule has 0 fully saturated rings. The minimum atomic E-state index is 0.890. The largest absolute Gasteiger partial charge is 0.454 e. The van der Waals surface area contributed by atoms with Crippen molar-refractivity contribution in [2.75, 3.05) is 9.80 Å². The molecule has 2 aromatic heterocycles. The van der Waals surface area contributed by atoms with Crippen molar-refractivity contribution in [1.82, 2.24) is 0 Å². The Labute approximate surface area is 372 Å². The van der Waals surface area contributed by atoms with Gasteiger partial charge in [0.15, 0.2) is 11.2 Å². The minimum absolute atomic E-state index is 0.890. The fraction of sp³-hybridized carbons (Fsp3) is 0.133. The van der Waals surface area contributed by atoms with Crippen molar-refractivity contribution in [3.8, 4) is 0 Å². The molecule has 0 aliphatic carbocycles. The SMILES string of the molecule is CCc1cccc2c1oc1c(N(c3ccc(C)cc3C)c3ccc4ccc5c(N(c6ccc(C)cc6C)c6cccc7c6oc6c(CC)cccc67)ccc6ccc3c4c65)cccc12. The van der Waals surface area contributed by atoms with Crippen LogP contribution in [0.5, 0.6) is 0 Å². The van der Waals surface area contributed by atoms with E-state index in [0.717, 1.165) is 90.8 Å². The van der Waals surface area contributed by atoms with E-state index >= 15 is 0 Å². The number of nitrogens with zero attached hydrogens (tertiary/aromatic N) is 2. The predicted octanol–water partition coefficient (Wildman–Crippen LogP) is 17.7. The van der Waals surface area contributed by atoms with Gasteiger partial charge in [0.05, 0.1) is 22.7 Å². The lowest BCUT2D eigenvalue weighted by atomic mass is 9.91. The Morgan fingerprint density at radius 2 is 0.719 bits per heavy atom. The van der Waals surface area contributed by atoms with E-state index in [2.05, 4.69) is 209 Å². The van der Waals surface area contributed by atoms with E-state index in [4.69, 9.17) is 8.83 Å². The third-order valence-electron chi connectivity index (χ3n) is 13.7. The lowest BCUT2D eigenvalue weighted by Crippen LogP contribution is -2.13. The second-order valence-electron chi connectivity index (χ2n) is 17.6. The van der Waals surface area contributed by atoms with Crippen LogP contribution in [0.15, 0.2) is 167 Å². The molecule has 4 heteroatoms. The Balaban J connectivity index is 1.14. The van der Waals surface area contributed by atoms with E-state index in [1.165, 1.54) is 65.7 Å². The molecule has 310 valence electrons. The zero-order chi connectivity index (χ0) is 43.4. The van der Waals surface area contributed by atoms with Crippen LogP contribution in [0.1, 0.15) is 47.2 Å². The Morgan fingerprint density at radius 1 is 0.344 bits per heavy atom. The Kier molecular flexibility index (Phi) is 8.64. The number of furan rings is 2. The molecule has 0 radical (unpaired) electrons. The quantitative estimate of drug-likeness (QED) is 0.143. The molecule has 0 bridgehead atoms. The molecular weight excluding hydrogens is 781 g/mol. The molecule has 0 N–H and O–H groups in total. The average Bonchev–Trinajstić information content (AvgIpc) is 3.90. The van der Waals surface area contributed by atoms with Crippen molar-refractivity contribution in [3.05, 3.63) is 191 Å². The van der Waals surface area contributed by atoms with Gasteiger partial charge in [-0.3, -0.25) is 0 Å². The van der Waals surface area contributed by atoms with E-state index in [0.29, 0.717) is 0 Å². The molecule has 0 atom stereocenters. The monoisotopic (exact) mass is 828 g/mol. The fourth-order valence-corrected chi connectivity index (χ4v) is 10.7. The fourth-order valence-electron chi connectivity index (χ4n) is 10.7. The summed E-state index contributed by atoms with van der Waals surface area (Å²) in [4.78, 5) is 4.87. The van der Waals surface area contributed by atoms with Crippen molar-refractivity contribution >= 4 is 110 Å². The van der Waals surface area contributed by atoms with Gasteiger partial charge in [-0.2, -0.15) is 0 Å². The highest BCUT2D eigenvalue weighted by Crippen LogP contribution is 2.51. The first-order chi connectivity index (χ1) is 31.3. The van der Waals surface area contributed by atoms with Gasteiger partial charge >= 0.3 is 0 Å². The van der Waals surface area contributed by atoms with E-state index < -0.39 is 0 Å². The molecule has 0 saturated carbocycles. The molecule has 64 heavy (non-hydrogen) atoms. The molecule has 4 nitrogen and oxygen atoms in total. The summed E-state index contributed by atoms with van der Waals surface area (Å²) in [5.41, 5.74) is 17.5. The summed E-state index contributed by atoms with van der Waals surface area (Å²) >= 11 is 0. The second-order valence-corrected chi connectivity index (χ2v) is 17.6. The highest BCUT2D eigenvalue weighted by molar-refractivity contribution is 6.29. The van der Waals surface area contributed by atoms with Crippen LogP contribution >= 0.6 is 0 Å². The lowest BCUT2D eigenvalue weighted by molar-refractivity contribution is 0.663. The van der Waals surface area contributed by atoms with E-state index in [1.807, 2.05) is 0 Å². The second kappa shape index (κ2) is 14.5. The van der Waals surface area contributed by atoms with E-state index in [9.17, 15) is 0 Å². The summed E-state index contributed by atoms with van der Waals surface area (Å²) in [6.45, 7) is 13.2. The van der Waals surface area contributed by atoms with Crippen molar-refractivity contribution < 1.29 is 8.83 Å². The minimum Gasteiger partial charge on any atom is -0.454 e. The van der Waals surface area contributed by atoms with Gasteiger partial charge in [0, 0.05) is 43.7 Å². The number of para-hydroxylation sites is 4. The number of hydrogen-bond donors (Lipinski definition) is 0. The van der Waals surface area contributed by atoms with Crippen LogP contribution in [0.3, 0.4) is 0 Å². The van der Waals surface area contributed by atoms with Gasteiger partial charge in [-0.15, -0.1) is 0 Å². The lowest BCUT2D eigenvalue weighted by Gasteiger charge is -2.30. The van der Waals surface area contributed by atoms with Crippen LogP contribution in [0.2, 0.25) is 0 Å². The number of rotatable bonds is 8. The molecule has 0 aliphatic rings. The van der Waals surface area contributed by atoms with Gasteiger partial charge in [0.2, 0.25) is 0 Å². The van der Waals surface area contributed by atoms with Crippen molar-refractivity contribution in [2.24, 2.45) is 0 Å². The van der Waals surface area contributed by atoms with Crippen LogP contribution in [0, 0.1) is 27.7 Å². The molecule has 2 heterocycles. The molecule has 0 saturated heterocycles. The summed E-state index contributed by atoms with van der Waals surface area (Å²) in [5.74, 6) is 0. The molecule has 0 aliphatic heterocycles. The highest BCUT2D eigenvalue weighted by atomic mass is 16.3. The number of aryl methyl sites for hydroxylation is 6. The zero-order valence-electron chi connectivity index (χ0n) is 37.1. The van der Waals surface area contributed by atoms with Crippen molar-refractivity contribution in [2.45, 2.75) is 54.4 Å². The standard InChI is InChI=1S/C60H48N2O2/c1-7-39-13-9-15-43-45-17-11-19-53(59(45)63-57(39)43)61(49-29-21-35(3)33-37(49)5)51-31-25-41-24-28-48-52(32-26-42-23-27-47(51)55(41)56(42)48)62(50-30-22-36(4)34-38(50)6)54-20-12-18-46-44-16-10-14-40(8-2)58(44)64-60(46)54/h9-34H,7-8H2,1-6H3. The van der Waals surface area contributed by atoms with Crippen LogP contribution in [0.25, 0.3) is 76.2 Å². The van der Waals surface area contributed by atoms with Crippen LogP contribution in [0.4, 0.5) is 34.1 Å². The molecule has 12 aromatic rings. The van der Waals surface area contributed by atoms with Crippen LogP contribution in [-0.2, 0) is 12.8 Å². The first kappa shape index (κ1) is 38.1. The summed E-state index contributed by atoms with van der Waals surface area (Å²) in [6.07, 6.45) is 1.80. The summed E-state index contributed by atoms with van der Waals surface area (Å²) < 4.78 is 13.9. The molecule has 10 aromatic carbocycles. The van der Waals surface area contributed by atoms with Gasteiger partial charge in [0.25, 0.3) is 0 Å². The molecule has 0 unspecified atom stereocenters. The predicted molar refractivity (Wildman–Crippen MR) is 272 cm³/mol. The van der Waals surface area contributed by atoms with Crippen molar-refractivity contribution in [1.29, 1.82) is 0 Å². The van der Waals surface area contributed by atoms with E-state index in [-0.39, 0.29) is 0 Å². The summed E-state index contributed by atoms with van der Waals surface area (Å²) in [5, 5.41) is 11.8. The molecule has 0 spiro atoms. The van der Waals surface area contributed by atoms with Gasteiger partial charge in [0.1, 0.15) is 11.2 Å². The molecule has 12 rings (SSSR count). The first-order valence-corrected chi connectivity index (χ1v) is 22.6. The maximum Gasteiger partial charge on any atom is 0.159 e. The van der Waals surface area contributed by atoms with Crippen LogP contribution < -0.4 is 9.80 Å². The normalized spacial score (nSPS) is 12.0. The van der Waals surface area contributed by atoms with Gasteiger partial charge in [-0.25, -0.2) is 0 Å². The smallest absolute Gasteiger partial charge is 0.159 e. The number of hydrogen-bond acceptors (Lipinski definition) is 4. The third-order valence-corrected chi connectivity index (χ3v) is 13.7. The van der Waals surface area contributed by atoms with Crippen molar-refractivity contribution in [3.63, 3.8) is 0 Å². The Morgan fingerprint density at radius 3 is 1.12 bits per heavy atom. The highest BCUT2D eigenvalue weighted by Gasteiger charge is 2.27. The maximum absolute atomic E-state index is 6.97. The number of anilines is 6. The molecule has 0 amide bonds. The molecular formula is C60H48N2O2.